The van der Waals surface area contributed by atoms with Crippen molar-refractivity contribution in [3.63, 3.8) is 0 Å². The number of nitrogens with zero attached hydrogens (tertiary/aromatic N) is 2. The van der Waals surface area contributed by atoms with E-state index in [1.54, 1.807) is 0 Å². The van der Waals surface area contributed by atoms with Crippen LogP contribution in [-0.4, -0.2) is 25.6 Å². The lowest BCUT2D eigenvalue weighted by Gasteiger charge is -2.22. The van der Waals surface area contributed by atoms with Gasteiger partial charge in [0.05, 0.1) is 5.69 Å². The molecule has 0 atom stereocenters. The molecule has 0 spiro atoms. The Morgan fingerprint density at radius 1 is 1.26 bits per heavy atom. The van der Waals surface area contributed by atoms with Gasteiger partial charge in [-0.3, -0.25) is 0 Å². The first-order valence-corrected chi connectivity index (χ1v) is 6.86. The Morgan fingerprint density at radius 2 is 2.00 bits per heavy atom. The van der Waals surface area contributed by atoms with Gasteiger partial charge in [0.25, 0.3) is 0 Å². The van der Waals surface area contributed by atoms with E-state index in [1.807, 2.05) is 7.05 Å². The van der Waals surface area contributed by atoms with E-state index in [2.05, 4.69) is 61.4 Å². The van der Waals surface area contributed by atoms with Gasteiger partial charge in [-0.1, -0.05) is 38.1 Å². The lowest BCUT2D eigenvalue weighted by atomic mass is 10.1. The molecule has 0 bridgehead atoms. The van der Waals surface area contributed by atoms with Crippen LogP contribution in [0.4, 0.5) is 5.82 Å². The molecule has 2 rings (SSSR count). The summed E-state index contributed by atoms with van der Waals surface area (Å²) in [5, 5.41) is 5.66. The van der Waals surface area contributed by atoms with Crippen molar-refractivity contribution in [1.29, 1.82) is 0 Å². The maximum absolute atomic E-state index is 4.81. The molecule has 3 nitrogen and oxygen atoms in total. The fourth-order valence-electron chi connectivity index (χ4n) is 2.43. The van der Waals surface area contributed by atoms with E-state index < -0.39 is 0 Å². The van der Waals surface area contributed by atoms with Crippen LogP contribution in [0, 0.1) is 5.92 Å². The predicted molar refractivity (Wildman–Crippen MR) is 82.6 cm³/mol. The van der Waals surface area contributed by atoms with E-state index in [4.69, 9.17) is 4.98 Å². The zero-order chi connectivity index (χ0) is 13.8. The van der Waals surface area contributed by atoms with Crippen LogP contribution in [0.25, 0.3) is 10.8 Å². The first-order chi connectivity index (χ1) is 9.11. The second-order valence-corrected chi connectivity index (χ2v) is 5.46. The smallest absolute Gasteiger partial charge is 0.136 e. The zero-order valence-corrected chi connectivity index (χ0v) is 12.3. The highest BCUT2D eigenvalue weighted by atomic mass is 15.2. The fraction of sp³-hybridized carbons (Fsp3) is 0.438. The first kappa shape index (κ1) is 13.8. The number of anilines is 1. The maximum Gasteiger partial charge on any atom is 0.136 e. The van der Waals surface area contributed by atoms with Gasteiger partial charge in [0.1, 0.15) is 5.82 Å². The molecule has 0 fully saturated rings. The molecule has 3 heteroatoms. The topological polar surface area (TPSA) is 28.2 Å². The van der Waals surface area contributed by atoms with Gasteiger partial charge >= 0.3 is 0 Å². The number of hydrogen-bond donors (Lipinski definition) is 1. The van der Waals surface area contributed by atoms with Crippen LogP contribution in [0.5, 0.6) is 0 Å². The van der Waals surface area contributed by atoms with E-state index in [1.165, 1.54) is 10.8 Å². The molecule has 1 heterocycles. The molecule has 0 saturated carbocycles. The molecule has 19 heavy (non-hydrogen) atoms. The number of rotatable bonds is 5. The molecule has 1 aromatic heterocycles. The number of fused-ring (bicyclic) bond motifs is 1. The SMILES string of the molecule is CNCc1cc2ccccc2c(N(C)CC(C)C)n1. The van der Waals surface area contributed by atoms with Gasteiger partial charge in [-0.15, -0.1) is 0 Å². The second-order valence-electron chi connectivity index (χ2n) is 5.46. The minimum atomic E-state index is 0.624. The minimum absolute atomic E-state index is 0.624. The molecule has 1 N–H and O–H groups in total. The van der Waals surface area contributed by atoms with Gasteiger partial charge in [-0.2, -0.15) is 0 Å². The van der Waals surface area contributed by atoms with Crippen molar-refractivity contribution in [1.82, 2.24) is 10.3 Å². The minimum Gasteiger partial charge on any atom is -0.359 e. The molecule has 0 aliphatic rings. The van der Waals surface area contributed by atoms with Gasteiger partial charge in [-0.25, -0.2) is 4.98 Å². The van der Waals surface area contributed by atoms with E-state index in [0.29, 0.717) is 5.92 Å². The van der Waals surface area contributed by atoms with Crippen molar-refractivity contribution >= 4 is 16.6 Å². The van der Waals surface area contributed by atoms with Crippen LogP contribution < -0.4 is 10.2 Å². The highest BCUT2D eigenvalue weighted by molar-refractivity contribution is 5.92. The standard InChI is InChI=1S/C16H23N3/c1-12(2)11-19(4)16-15-8-6-5-7-13(15)9-14(18-16)10-17-3/h5-9,12,17H,10-11H2,1-4H3. The largest absolute Gasteiger partial charge is 0.359 e. The Hall–Kier alpha value is -1.61. The van der Waals surface area contributed by atoms with Crippen LogP contribution in [0.3, 0.4) is 0 Å². The molecule has 0 aliphatic carbocycles. The van der Waals surface area contributed by atoms with E-state index in [0.717, 1.165) is 24.6 Å². The number of benzene rings is 1. The summed E-state index contributed by atoms with van der Waals surface area (Å²) in [5.41, 5.74) is 1.09. The van der Waals surface area contributed by atoms with Crippen LogP contribution in [0.15, 0.2) is 30.3 Å². The molecule has 0 aliphatic heterocycles. The van der Waals surface area contributed by atoms with Crippen molar-refractivity contribution in [2.45, 2.75) is 20.4 Å². The van der Waals surface area contributed by atoms with Gasteiger partial charge in [-0.05, 0) is 24.4 Å². The summed E-state index contributed by atoms with van der Waals surface area (Å²) >= 11 is 0. The summed E-state index contributed by atoms with van der Waals surface area (Å²) in [4.78, 5) is 7.06. The summed E-state index contributed by atoms with van der Waals surface area (Å²) in [6, 6.07) is 10.6. The molecular formula is C16H23N3. The first-order valence-electron chi connectivity index (χ1n) is 6.86. The highest BCUT2D eigenvalue weighted by Gasteiger charge is 2.11. The summed E-state index contributed by atoms with van der Waals surface area (Å²) in [7, 11) is 4.08. The maximum atomic E-state index is 4.81. The number of nitrogens with one attached hydrogen (secondary N) is 1. The monoisotopic (exact) mass is 257 g/mol. The van der Waals surface area contributed by atoms with E-state index in [9.17, 15) is 0 Å². The second kappa shape index (κ2) is 6.02. The van der Waals surface area contributed by atoms with Crippen molar-refractivity contribution in [3.8, 4) is 0 Å². The summed E-state index contributed by atoms with van der Waals surface area (Å²) in [6.45, 7) is 6.28. The van der Waals surface area contributed by atoms with Crippen LogP contribution in [0.2, 0.25) is 0 Å². The average molecular weight is 257 g/mol. The molecule has 0 amide bonds. The van der Waals surface area contributed by atoms with Gasteiger partial charge in [0.15, 0.2) is 0 Å². The Balaban J connectivity index is 2.49. The van der Waals surface area contributed by atoms with Gasteiger partial charge in [0, 0.05) is 25.5 Å². The van der Waals surface area contributed by atoms with E-state index in [-0.39, 0.29) is 0 Å². The number of aromatic nitrogens is 1. The normalized spacial score (nSPS) is 11.2. The molecule has 102 valence electrons. The van der Waals surface area contributed by atoms with Crippen molar-refractivity contribution in [3.05, 3.63) is 36.0 Å². The predicted octanol–water partition coefficient (Wildman–Crippen LogP) is 3.05. The highest BCUT2D eigenvalue weighted by Crippen LogP contribution is 2.25. The third kappa shape index (κ3) is 3.24. The van der Waals surface area contributed by atoms with Crippen LogP contribution >= 0.6 is 0 Å². The third-order valence-electron chi connectivity index (χ3n) is 3.13. The number of pyridine rings is 1. The number of hydrogen-bond acceptors (Lipinski definition) is 3. The van der Waals surface area contributed by atoms with Crippen molar-refractivity contribution < 1.29 is 0 Å². The molecule has 0 radical (unpaired) electrons. The third-order valence-corrected chi connectivity index (χ3v) is 3.13. The summed E-state index contributed by atoms with van der Waals surface area (Å²) < 4.78 is 0. The molecule has 1 aromatic carbocycles. The Morgan fingerprint density at radius 3 is 2.68 bits per heavy atom. The lowest BCUT2D eigenvalue weighted by molar-refractivity contribution is 0.634. The van der Waals surface area contributed by atoms with Crippen molar-refractivity contribution in [2.75, 3.05) is 25.5 Å². The van der Waals surface area contributed by atoms with Gasteiger partial charge < -0.3 is 10.2 Å². The quantitative estimate of drug-likeness (QED) is 0.892. The Bertz CT molecular complexity index is 549. The average Bonchev–Trinajstić information content (AvgIpc) is 2.37. The Labute approximate surface area is 115 Å². The summed E-state index contributed by atoms with van der Waals surface area (Å²) in [6.07, 6.45) is 0. The molecular weight excluding hydrogens is 234 g/mol. The summed E-state index contributed by atoms with van der Waals surface area (Å²) in [5.74, 6) is 1.70. The Kier molecular flexibility index (Phi) is 4.38. The molecule has 2 aromatic rings. The van der Waals surface area contributed by atoms with Crippen molar-refractivity contribution in [2.24, 2.45) is 5.92 Å². The molecule has 0 unspecified atom stereocenters. The lowest BCUT2D eigenvalue weighted by Crippen LogP contribution is -2.24. The van der Waals surface area contributed by atoms with E-state index >= 15 is 0 Å². The van der Waals surface area contributed by atoms with Crippen LogP contribution in [0.1, 0.15) is 19.5 Å². The van der Waals surface area contributed by atoms with Crippen LogP contribution in [-0.2, 0) is 6.54 Å². The zero-order valence-electron chi connectivity index (χ0n) is 12.3. The molecule has 0 saturated heterocycles. The fourth-order valence-corrected chi connectivity index (χ4v) is 2.43. The van der Waals surface area contributed by atoms with Gasteiger partial charge in [0.2, 0.25) is 0 Å².